The summed E-state index contributed by atoms with van der Waals surface area (Å²) in [5, 5.41) is 2.48. The van der Waals surface area contributed by atoms with E-state index in [2.05, 4.69) is 323 Å². The topological polar surface area (TPSA) is 13.0 Å². The van der Waals surface area contributed by atoms with Crippen molar-refractivity contribution < 1.29 is 0 Å². The van der Waals surface area contributed by atoms with Gasteiger partial charge in [0.15, 0.2) is 0 Å². The van der Waals surface area contributed by atoms with Crippen LogP contribution in [0.2, 0.25) is 0 Å². The number of para-hydroxylation sites is 8. The number of nitrogens with zero attached hydrogens (tertiary/aromatic N) is 4. The van der Waals surface area contributed by atoms with Crippen molar-refractivity contribution >= 4 is 161 Å². The van der Waals surface area contributed by atoms with Crippen LogP contribution >= 0.6 is 11.8 Å². The van der Waals surface area contributed by atoms with E-state index < -0.39 is 0 Å². The Morgan fingerprint density at radius 2 is 0.762 bits per heavy atom. The van der Waals surface area contributed by atoms with Crippen LogP contribution in [-0.2, 0) is 0 Å². The van der Waals surface area contributed by atoms with Crippen LogP contribution in [0.3, 0.4) is 0 Å². The molecule has 392 valence electrons. The SMILES string of the molecule is c1ccc(N(c2ccccc2)c2cc3c4c(c2)N(c2ccccc2)c2ccccc2B4c2cc4c(c(-c5ccc6ccccc6c5)c2S3)[Se]c2cc(N(c3ccccc3)c3ccccc3)cc3c2B4c2ccccc2N3c2ccccc2)cc1. The minimum atomic E-state index is -0.157. The number of anilines is 12. The maximum absolute atomic E-state index is 2.70. The molecule has 17 rings (SSSR count). The van der Waals surface area contributed by atoms with Gasteiger partial charge in [-0.2, -0.15) is 0 Å². The normalized spacial score (nSPS) is 13.0. The van der Waals surface area contributed by atoms with Gasteiger partial charge < -0.3 is 0 Å². The van der Waals surface area contributed by atoms with E-state index in [1.165, 1.54) is 96.1 Å². The van der Waals surface area contributed by atoms with Crippen LogP contribution in [0.1, 0.15) is 0 Å². The summed E-state index contributed by atoms with van der Waals surface area (Å²) in [6.07, 6.45) is 0. The Hall–Kier alpha value is -9.68. The second-order valence-corrected chi connectivity index (χ2v) is 25.2. The Morgan fingerprint density at radius 1 is 0.321 bits per heavy atom. The third-order valence-electron chi connectivity index (χ3n) is 17.2. The molecule has 4 nitrogen and oxygen atoms in total. The van der Waals surface area contributed by atoms with E-state index in [0.717, 1.165) is 45.5 Å². The van der Waals surface area contributed by atoms with Crippen molar-refractivity contribution in [3.05, 3.63) is 303 Å². The van der Waals surface area contributed by atoms with Gasteiger partial charge in [-0.15, -0.1) is 0 Å². The number of benzene rings is 13. The van der Waals surface area contributed by atoms with E-state index >= 15 is 0 Å². The van der Waals surface area contributed by atoms with Gasteiger partial charge in [0.05, 0.1) is 0 Å². The second kappa shape index (κ2) is 20.0. The van der Waals surface area contributed by atoms with Crippen molar-refractivity contribution in [1.82, 2.24) is 0 Å². The van der Waals surface area contributed by atoms with Gasteiger partial charge in [-0.25, -0.2) is 0 Å². The van der Waals surface area contributed by atoms with E-state index in [0.29, 0.717) is 0 Å². The molecule has 0 spiro atoms. The van der Waals surface area contributed by atoms with Gasteiger partial charge in [0.1, 0.15) is 0 Å². The molecule has 4 aliphatic heterocycles. The molecule has 13 aromatic carbocycles. The fourth-order valence-electron chi connectivity index (χ4n) is 13.7. The van der Waals surface area contributed by atoms with E-state index in [1.54, 1.807) is 0 Å². The predicted molar refractivity (Wildman–Crippen MR) is 359 cm³/mol. The number of hydrogen-bond acceptors (Lipinski definition) is 5. The first-order valence-electron chi connectivity index (χ1n) is 28.8. The molecule has 4 aliphatic rings. The maximum atomic E-state index is 2.70. The van der Waals surface area contributed by atoms with Gasteiger partial charge in [-0.05, 0) is 0 Å². The zero-order chi connectivity index (χ0) is 55.2. The quantitative estimate of drug-likeness (QED) is 0.133. The van der Waals surface area contributed by atoms with Gasteiger partial charge in [0, 0.05) is 0 Å². The van der Waals surface area contributed by atoms with Crippen molar-refractivity contribution in [2.75, 3.05) is 19.6 Å². The van der Waals surface area contributed by atoms with Gasteiger partial charge in [0.2, 0.25) is 0 Å². The van der Waals surface area contributed by atoms with Crippen LogP contribution in [0.15, 0.2) is 313 Å². The summed E-state index contributed by atoms with van der Waals surface area (Å²) in [6, 6.07) is 113. The van der Waals surface area contributed by atoms with E-state index in [4.69, 9.17) is 0 Å². The molecular formula is C76H50B2N4SSe. The van der Waals surface area contributed by atoms with Crippen LogP contribution in [0.25, 0.3) is 21.9 Å². The van der Waals surface area contributed by atoms with Gasteiger partial charge in [-0.1, -0.05) is 0 Å². The van der Waals surface area contributed by atoms with Crippen molar-refractivity contribution in [1.29, 1.82) is 0 Å². The molecule has 0 aliphatic carbocycles. The van der Waals surface area contributed by atoms with Crippen LogP contribution < -0.4 is 61.3 Å². The molecule has 0 unspecified atom stereocenters. The number of fused-ring (bicyclic) bond motifs is 9. The zero-order valence-corrected chi connectivity index (χ0v) is 48.2. The third kappa shape index (κ3) is 7.86. The molecule has 0 saturated heterocycles. The first-order valence-corrected chi connectivity index (χ1v) is 31.3. The van der Waals surface area contributed by atoms with Crippen LogP contribution in [0, 0.1) is 0 Å². The first-order chi connectivity index (χ1) is 41.7. The van der Waals surface area contributed by atoms with Crippen molar-refractivity contribution in [2.45, 2.75) is 9.79 Å². The predicted octanol–water partition coefficient (Wildman–Crippen LogP) is 14.5. The Bertz CT molecular complexity index is 4370. The van der Waals surface area contributed by atoms with Crippen molar-refractivity contribution in [3.8, 4) is 11.1 Å². The van der Waals surface area contributed by atoms with Crippen LogP contribution in [-0.4, -0.2) is 28.4 Å². The molecule has 13 aromatic rings. The van der Waals surface area contributed by atoms with Crippen molar-refractivity contribution in [3.63, 3.8) is 0 Å². The zero-order valence-electron chi connectivity index (χ0n) is 45.6. The number of hydrogen-bond donors (Lipinski definition) is 0. The molecule has 8 heteroatoms. The van der Waals surface area contributed by atoms with E-state index in [9.17, 15) is 0 Å². The fraction of sp³-hybridized carbons (Fsp3) is 0. The monoisotopic (exact) mass is 1150 g/mol. The molecule has 0 aromatic heterocycles. The molecule has 0 radical (unpaired) electrons. The average Bonchev–Trinajstić information content (AvgIpc) is 0.780. The summed E-state index contributed by atoms with van der Waals surface area (Å²) < 4.78 is 2.85. The van der Waals surface area contributed by atoms with Crippen molar-refractivity contribution in [2.24, 2.45) is 0 Å². The summed E-state index contributed by atoms with van der Waals surface area (Å²) in [5.41, 5.74) is 24.6. The summed E-state index contributed by atoms with van der Waals surface area (Å²) >= 11 is 1.82. The second-order valence-electron chi connectivity index (χ2n) is 21.9. The molecule has 84 heavy (non-hydrogen) atoms. The summed E-state index contributed by atoms with van der Waals surface area (Å²) in [4.78, 5) is 12.6. The van der Waals surface area contributed by atoms with Gasteiger partial charge in [-0.3, -0.25) is 0 Å². The molecule has 0 fully saturated rings. The summed E-state index contributed by atoms with van der Waals surface area (Å²) in [6.45, 7) is -0.112. The molecule has 0 saturated carbocycles. The molecule has 0 N–H and O–H groups in total. The van der Waals surface area contributed by atoms with Gasteiger partial charge in [0.25, 0.3) is 0 Å². The Labute approximate surface area is 501 Å². The van der Waals surface area contributed by atoms with Crippen LogP contribution in [0.4, 0.5) is 68.2 Å². The van der Waals surface area contributed by atoms with Gasteiger partial charge >= 0.3 is 505 Å². The van der Waals surface area contributed by atoms with Crippen LogP contribution in [0.5, 0.6) is 0 Å². The molecule has 0 amide bonds. The fourth-order valence-corrected chi connectivity index (χ4v) is 18.1. The minimum absolute atomic E-state index is 0.0459. The Kier molecular flexibility index (Phi) is 11.7. The Morgan fingerprint density at radius 3 is 1.30 bits per heavy atom. The molecular weight excluding hydrogens is 1100 g/mol. The number of rotatable bonds is 9. The van der Waals surface area contributed by atoms with E-state index in [-0.39, 0.29) is 28.4 Å². The summed E-state index contributed by atoms with van der Waals surface area (Å²) in [7, 11) is 0. The molecule has 4 heterocycles. The standard InChI is InChI=1S/C76H50B2N4SSe/c1-7-27-54(28-8-1)79(55-29-9-2-10-30-55)60-46-68-73-70(48-60)83-75-64(77(73)62-39-21-23-41-66(62)81(68)58-35-15-5-16-36-58)50-65-76(72(75)53-44-43-51-25-19-20-26-52(51)45-53)84-71-49-61(80(56-31-11-3-12-32-56)57-33-13-4-14-34-57)47-69-74(71)78(65)63-40-22-24-42-67(63)82(69)59-37-17-6-18-38-59/h1-50H. The summed E-state index contributed by atoms with van der Waals surface area (Å²) in [5.74, 6) is 0. The average molecular weight is 1150 g/mol. The third-order valence-corrected chi connectivity index (χ3v) is 20.9. The Balaban J connectivity index is 0.973. The molecule has 0 bridgehead atoms. The van der Waals surface area contributed by atoms with E-state index in [1.807, 2.05) is 11.8 Å². The molecule has 0 atom stereocenters. The first kappa shape index (κ1) is 49.0.